The average molecular weight is 397 g/mol. The van der Waals surface area contributed by atoms with E-state index in [0.717, 1.165) is 0 Å². The van der Waals surface area contributed by atoms with Crippen LogP contribution in [0.3, 0.4) is 0 Å². The van der Waals surface area contributed by atoms with E-state index >= 15 is 0 Å². The van der Waals surface area contributed by atoms with Crippen molar-refractivity contribution in [1.82, 2.24) is 5.16 Å². The summed E-state index contributed by atoms with van der Waals surface area (Å²) in [6, 6.07) is 17.1. The third-order valence-electron chi connectivity index (χ3n) is 4.29. The Labute approximate surface area is 163 Å². The fourth-order valence-electron chi connectivity index (χ4n) is 2.92. The van der Waals surface area contributed by atoms with E-state index in [9.17, 15) is 18.3 Å². The molecule has 4 rings (SSSR count). The Bertz CT molecular complexity index is 1160. The predicted octanol–water partition coefficient (Wildman–Crippen LogP) is 5.71. The molecule has 29 heavy (non-hydrogen) atoms. The van der Waals surface area contributed by atoms with Gasteiger partial charge in [-0.15, -0.1) is 0 Å². The van der Waals surface area contributed by atoms with Crippen LogP contribution in [0, 0.1) is 17.5 Å². The van der Waals surface area contributed by atoms with Crippen LogP contribution in [0.15, 0.2) is 71.3 Å². The smallest absolute Gasteiger partial charge is 0.176 e. The molecule has 0 aliphatic rings. The number of rotatable bonds is 5. The minimum Gasteiger partial charge on any atom is -0.457 e. The quantitative estimate of drug-likeness (QED) is 0.438. The summed E-state index contributed by atoms with van der Waals surface area (Å²) in [5, 5.41) is 13.7. The van der Waals surface area contributed by atoms with E-state index in [2.05, 4.69) is 5.16 Å². The molecule has 0 aliphatic heterocycles. The Morgan fingerprint density at radius 3 is 2.31 bits per heavy atom. The standard InChI is InChI=1S/C22H14F3NO3/c23-18-11-20(25)19(24)10-16(18)22-17(12-27)21(26-29-22)13-5-4-8-15(9-13)28-14-6-2-1-3-7-14/h1-11,27H,12H2. The van der Waals surface area contributed by atoms with Gasteiger partial charge in [-0.05, 0) is 30.3 Å². The fourth-order valence-corrected chi connectivity index (χ4v) is 2.92. The second-order valence-corrected chi connectivity index (χ2v) is 6.19. The van der Waals surface area contributed by atoms with Crippen molar-refractivity contribution >= 4 is 0 Å². The molecule has 0 saturated carbocycles. The van der Waals surface area contributed by atoms with Crippen LogP contribution in [-0.2, 0) is 6.61 Å². The lowest BCUT2D eigenvalue weighted by atomic mass is 10.0. The minimum absolute atomic E-state index is 0.145. The van der Waals surface area contributed by atoms with Crippen LogP contribution < -0.4 is 4.74 Å². The summed E-state index contributed by atoms with van der Waals surface area (Å²) in [4.78, 5) is 0. The number of aliphatic hydroxyl groups excluding tert-OH is 1. The third-order valence-corrected chi connectivity index (χ3v) is 4.29. The van der Waals surface area contributed by atoms with E-state index in [1.165, 1.54) is 0 Å². The Kier molecular flexibility index (Phi) is 5.05. The van der Waals surface area contributed by atoms with Crippen molar-refractivity contribution in [2.45, 2.75) is 6.61 Å². The van der Waals surface area contributed by atoms with Crippen molar-refractivity contribution < 1.29 is 27.5 Å². The zero-order chi connectivity index (χ0) is 20.4. The molecule has 0 amide bonds. The molecule has 0 fully saturated rings. The first-order valence-electron chi connectivity index (χ1n) is 8.64. The molecule has 4 nitrogen and oxygen atoms in total. The van der Waals surface area contributed by atoms with Crippen LogP contribution in [0.25, 0.3) is 22.6 Å². The van der Waals surface area contributed by atoms with E-state index in [1.54, 1.807) is 36.4 Å². The molecule has 1 N–H and O–H groups in total. The number of hydrogen-bond acceptors (Lipinski definition) is 4. The molecule has 0 saturated heterocycles. The average Bonchev–Trinajstić information content (AvgIpc) is 3.15. The molecule has 1 aromatic heterocycles. The van der Waals surface area contributed by atoms with E-state index in [4.69, 9.17) is 9.26 Å². The zero-order valence-electron chi connectivity index (χ0n) is 14.9. The van der Waals surface area contributed by atoms with Crippen LogP contribution >= 0.6 is 0 Å². The van der Waals surface area contributed by atoms with Gasteiger partial charge in [0, 0.05) is 11.6 Å². The highest BCUT2D eigenvalue weighted by atomic mass is 19.2. The number of aliphatic hydroxyl groups is 1. The number of nitrogens with zero attached hydrogens (tertiary/aromatic N) is 1. The van der Waals surface area contributed by atoms with E-state index in [0.29, 0.717) is 29.2 Å². The molecule has 0 aliphatic carbocycles. The molecular weight excluding hydrogens is 383 g/mol. The van der Waals surface area contributed by atoms with Crippen LogP contribution in [0.1, 0.15) is 5.56 Å². The van der Waals surface area contributed by atoms with Gasteiger partial charge in [0.1, 0.15) is 23.0 Å². The number of para-hydroxylation sites is 1. The SMILES string of the molecule is OCc1c(-c2cccc(Oc3ccccc3)c2)noc1-c1cc(F)c(F)cc1F. The molecule has 4 aromatic rings. The van der Waals surface area contributed by atoms with Crippen molar-refractivity contribution in [2.75, 3.05) is 0 Å². The summed E-state index contributed by atoms with van der Waals surface area (Å²) in [6.07, 6.45) is 0. The van der Waals surface area contributed by atoms with Gasteiger partial charge in [-0.1, -0.05) is 35.5 Å². The van der Waals surface area contributed by atoms with E-state index in [1.807, 2.05) is 18.2 Å². The maximum atomic E-state index is 14.2. The molecule has 3 aromatic carbocycles. The Morgan fingerprint density at radius 1 is 0.828 bits per heavy atom. The molecule has 0 atom stereocenters. The number of aromatic nitrogens is 1. The molecule has 7 heteroatoms. The highest BCUT2D eigenvalue weighted by Crippen LogP contribution is 2.36. The van der Waals surface area contributed by atoms with Crippen LogP contribution in [0.4, 0.5) is 13.2 Å². The van der Waals surface area contributed by atoms with Gasteiger partial charge >= 0.3 is 0 Å². The third kappa shape index (κ3) is 3.72. The second-order valence-electron chi connectivity index (χ2n) is 6.19. The van der Waals surface area contributed by atoms with Gasteiger partial charge in [-0.2, -0.15) is 0 Å². The van der Waals surface area contributed by atoms with Crippen LogP contribution in [0.2, 0.25) is 0 Å². The van der Waals surface area contributed by atoms with E-state index < -0.39 is 24.1 Å². The summed E-state index contributed by atoms with van der Waals surface area (Å²) in [7, 11) is 0. The Balaban J connectivity index is 1.74. The molecule has 0 bridgehead atoms. The van der Waals surface area contributed by atoms with E-state index in [-0.39, 0.29) is 22.6 Å². The van der Waals surface area contributed by atoms with Gasteiger partial charge in [-0.25, -0.2) is 13.2 Å². The monoisotopic (exact) mass is 397 g/mol. The first-order chi connectivity index (χ1) is 14.1. The maximum absolute atomic E-state index is 14.2. The summed E-state index contributed by atoms with van der Waals surface area (Å²) >= 11 is 0. The molecule has 0 unspecified atom stereocenters. The Morgan fingerprint density at radius 2 is 1.55 bits per heavy atom. The molecule has 0 radical (unpaired) electrons. The first-order valence-corrected chi connectivity index (χ1v) is 8.64. The summed E-state index contributed by atoms with van der Waals surface area (Å²) in [5.74, 6) is -2.60. The van der Waals surface area contributed by atoms with Crippen molar-refractivity contribution in [1.29, 1.82) is 0 Å². The highest BCUT2D eigenvalue weighted by Gasteiger charge is 2.23. The normalized spacial score (nSPS) is 10.9. The van der Waals surface area contributed by atoms with Gasteiger partial charge in [-0.3, -0.25) is 0 Å². The van der Waals surface area contributed by atoms with Gasteiger partial charge in [0.25, 0.3) is 0 Å². The van der Waals surface area contributed by atoms with Crippen molar-refractivity contribution in [3.63, 3.8) is 0 Å². The molecule has 0 spiro atoms. The number of hydrogen-bond donors (Lipinski definition) is 1. The van der Waals surface area contributed by atoms with Crippen molar-refractivity contribution in [3.8, 4) is 34.1 Å². The van der Waals surface area contributed by atoms with Crippen LogP contribution in [-0.4, -0.2) is 10.3 Å². The Hall–Kier alpha value is -3.58. The van der Waals surface area contributed by atoms with Crippen molar-refractivity contribution in [3.05, 3.63) is 89.7 Å². The zero-order valence-corrected chi connectivity index (χ0v) is 14.9. The molecule has 146 valence electrons. The number of halogens is 3. The maximum Gasteiger partial charge on any atom is 0.176 e. The fraction of sp³-hybridized carbons (Fsp3) is 0.0455. The predicted molar refractivity (Wildman–Crippen MR) is 99.7 cm³/mol. The van der Waals surface area contributed by atoms with Gasteiger partial charge in [0.05, 0.1) is 17.7 Å². The van der Waals surface area contributed by atoms with Gasteiger partial charge in [0.2, 0.25) is 0 Å². The topological polar surface area (TPSA) is 55.5 Å². The lowest BCUT2D eigenvalue weighted by Gasteiger charge is -2.07. The molecular formula is C22H14F3NO3. The largest absolute Gasteiger partial charge is 0.457 e. The lowest BCUT2D eigenvalue weighted by Crippen LogP contribution is -1.94. The second kappa shape index (κ2) is 7.81. The minimum atomic E-state index is -1.32. The summed E-state index contributed by atoms with van der Waals surface area (Å²) < 4.78 is 51.9. The summed E-state index contributed by atoms with van der Waals surface area (Å²) in [6.45, 7) is -0.545. The van der Waals surface area contributed by atoms with Crippen LogP contribution in [0.5, 0.6) is 11.5 Å². The summed E-state index contributed by atoms with van der Waals surface area (Å²) in [5.41, 5.74) is 0.598. The molecule has 1 heterocycles. The van der Waals surface area contributed by atoms with Crippen molar-refractivity contribution in [2.24, 2.45) is 0 Å². The first kappa shape index (κ1) is 18.8. The number of ether oxygens (including phenoxy) is 1. The lowest BCUT2D eigenvalue weighted by molar-refractivity contribution is 0.281. The highest BCUT2D eigenvalue weighted by molar-refractivity contribution is 5.73. The van der Waals surface area contributed by atoms with Gasteiger partial charge < -0.3 is 14.4 Å². The van der Waals surface area contributed by atoms with Gasteiger partial charge in [0.15, 0.2) is 17.4 Å². The number of benzene rings is 3.